The van der Waals surface area contributed by atoms with Crippen molar-refractivity contribution < 1.29 is 29.7 Å². The zero-order valence-electron chi connectivity index (χ0n) is 30.3. The Kier molecular flexibility index (Phi) is 15.2. The number of ether oxygens (including phenoxy) is 2. The van der Waals surface area contributed by atoms with E-state index in [2.05, 4.69) is 43.8 Å². The van der Waals surface area contributed by atoms with E-state index in [4.69, 9.17) is 59.4 Å². The molecule has 0 bridgehead atoms. The lowest BCUT2D eigenvalue weighted by Gasteiger charge is -2.10. The highest BCUT2D eigenvalue weighted by Crippen LogP contribution is 2.30. The summed E-state index contributed by atoms with van der Waals surface area (Å²) in [7, 11) is 1.41. The Morgan fingerprint density at radius 1 is 0.537 bits per heavy atom. The molecule has 4 N–H and O–H groups in total. The summed E-state index contributed by atoms with van der Waals surface area (Å²) in [5.41, 5.74) is 8.69. The minimum atomic E-state index is -1.59. The predicted octanol–water partition coefficient (Wildman–Crippen LogP) is 6.31. The van der Waals surface area contributed by atoms with Crippen molar-refractivity contribution in [2.75, 3.05) is 14.2 Å². The van der Waals surface area contributed by atoms with Crippen molar-refractivity contribution >= 4 is 47.4 Å². The van der Waals surface area contributed by atoms with E-state index in [9.17, 15) is 5.11 Å². The van der Waals surface area contributed by atoms with Gasteiger partial charge in [-0.1, -0.05) is 65.7 Å². The Hall–Kier alpha value is -4.73. The maximum absolute atomic E-state index is 9.37. The molecule has 4 aromatic carbocycles. The Balaban J connectivity index is 0.000000194. The molecule has 12 nitrogen and oxygen atoms in total. The number of hydrogen-bond donors (Lipinski definition) is 4. The van der Waals surface area contributed by atoms with Gasteiger partial charge in [-0.05, 0) is 103 Å². The Morgan fingerprint density at radius 2 is 1.02 bits per heavy atom. The van der Waals surface area contributed by atoms with Crippen molar-refractivity contribution in [1.29, 1.82) is 0 Å². The topological polar surface area (TPSA) is 177 Å². The predicted molar refractivity (Wildman–Crippen MR) is 211 cm³/mol. The van der Waals surface area contributed by atoms with Crippen LogP contribution in [0.1, 0.15) is 33.4 Å². The molecular weight excluding hydrogens is 754 g/mol. The van der Waals surface area contributed by atoms with Crippen LogP contribution in [0.5, 0.6) is 12.0 Å². The summed E-state index contributed by atoms with van der Waals surface area (Å²) in [6, 6.07) is 22.3. The molecule has 0 fully saturated rings. The van der Waals surface area contributed by atoms with Gasteiger partial charge in [0.15, 0.2) is 17.5 Å². The van der Waals surface area contributed by atoms with Gasteiger partial charge in [0.05, 0.1) is 32.5 Å². The molecule has 0 radical (unpaired) electrons. The number of aromatic nitrogens is 6. The maximum Gasteiger partial charge on any atom is 0.489 e. The van der Waals surface area contributed by atoms with Gasteiger partial charge in [-0.2, -0.15) is 24.9 Å². The van der Waals surface area contributed by atoms with E-state index in [1.807, 2.05) is 50.2 Å². The van der Waals surface area contributed by atoms with Gasteiger partial charge in [-0.15, -0.1) is 0 Å². The first-order valence-electron chi connectivity index (χ1n) is 16.3. The minimum absolute atomic E-state index is 0.0869. The summed E-state index contributed by atoms with van der Waals surface area (Å²) >= 11 is 17.8. The average Bonchev–Trinajstić information content (AvgIpc) is 3.17. The summed E-state index contributed by atoms with van der Waals surface area (Å²) in [5.74, 6) is 1.43. The second-order valence-electron chi connectivity index (χ2n) is 11.8. The Morgan fingerprint density at radius 3 is 1.52 bits per heavy atom. The van der Waals surface area contributed by atoms with E-state index in [0.29, 0.717) is 33.6 Å². The maximum atomic E-state index is 9.37. The fourth-order valence-corrected chi connectivity index (χ4v) is 5.31. The normalized spacial score (nSPS) is 10.5. The van der Waals surface area contributed by atoms with Gasteiger partial charge in [0, 0.05) is 27.2 Å². The number of nitrogens with zero attached hydrogens (tertiary/aromatic N) is 6. The molecule has 0 aliphatic heterocycles. The van der Waals surface area contributed by atoms with Gasteiger partial charge in [-0.25, -0.2) is 4.98 Å². The van der Waals surface area contributed by atoms with Crippen molar-refractivity contribution in [3.8, 4) is 46.2 Å². The summed E-state index contributed by atoms with van der Waals surface area (Å²) < 4.78 is 10.2. The molecule has 0 saturated carbocycles. The molecule has 54 heavy (non-hydrogen) atoms. The zero-order chi connectivity index (χ0) is 39.5. The molecule has 2 aromatic heterocycles. The van der Waals surface area contributed by atoms with Crippen LogP contribution in [0.25, 0.3) is 34.2 Å². The first-order valence-corrected chi connectivity index (χ1v) is 17.5. The third kappa shape index (κ3) is 11.2. The molecule has 0 unspecified atom stereocenters. The number of rotatable bonds is 8. The summed E-state index contributed by atoms with van der Waals surface area (Å²) in [6.45, 7) is 7.96. The monoisotopic (exact) mass is 790 g/mol. The van der Waals surface area contributed by atoms with E-state index >= 15 is 0 Å². The third-order valence-corrected chi connectivity index (χ3v) is 8.92. The number of methoxy groups -OCH3 is 2. The highest BCUT2D eigenvalue weighted by molar-refractivity contribution is 6.62. The fraction of sp³-hybridized carbons (Fsp3) is 0.211. The van der Waals surface area contributed by atoms with Crippen molar-refractivity contribution in [1.82, 2.24) is 29.9 Å². The number of aryl methyl sites for hydroxylation is 4. The molecule has 0 aliphatic rings. The number of halogens is 3. The smallest absolute Gasteiger partial charge is 0.467 e. The van der Waals surface area contributed by atoms with Crippen molar-refractivity contribution in [3.05, 3.63) is 122 Å². The second kappa shape index (κ2) is 19.6. The number of hydrogen-bond acceptors (Lipinski definition) is 12. The molecule has 0 spiro atoms. The van der Waals surface area contributed by atoms with E-state index in [1.54, 1.807) is 24.3 Å². The molecule has 280 valence electrons. The highest BCUT2D eigenvalue weighted by atomic mass is 35.5. The van der Waals surface area contributed by atoms with Crippen molar-refractivity contribution in [2.24, 2.45) is 0 Å². The standard InChI is InChI=1S/C19H18ClN3O2.C12H12ClN3O.C7H8BClO3/c1-11-4-6-14(8-12(11)2)17-21-18(23-19(22-17)25-3)15-9-13(10-24)5-7-16(15)20;1-7-4-5-9(6-8(7)2)10-14-11(13)16-12(15-10)17-3;9-7-2-1-5(4-10)3-6(7)8(11)12/h4-9,24H,10H2,1-3H3;4-6H,1-3H3;1-3,10-12H,4H2. The average molecular weight is 792 g/mol. The van der Waals surface area contributed by atoms with Crippen LogP contribution in [0.2, 0.25) is 15.3 Å². The molecule has 0 atom stereocenters. The van der Waals surface area contributed by atoms with E-state index in [1.165, 1.54) is 43.0 Å². The molecule has 16 heteroatoms. The molecule has 6 rings (SSSR count). The van der Waals surface area contributed by atoms with Crippen LogP contribution >= 0.6 is 34.8 Å². The highest BCUT2D eigenvalue weighted by Gasteiger charge is 2.16. The molecule has 2 heterocycles. The molecule has 0 amide bonds. The Labute approximate surface area is 328 Å². The largest absolute Gasteiger partial charge is 0.489 e. The number of aliphatic hydroxyl groups excluding tert-OH is 2. The number of aliphatic hydroxyl groups is 2. The summed E-state index contributed by atoms with van der Waals surface area (Å²) in [5, 5.41) is 36.6. The van der Waals surface area contributed by atoms with Gasteiger partial charge in [0.2, 0.25) is 5.28 Å². The van der Waals surface area contributed by atoms with Crippen LogP contribution < -0.4 is 14.9 Å². The van der Waals surface area contributed by atoms with Gasteiger partial charge < -0.3 is 29.7 Å². The first kappa shape index (κ1) is 42.0. The SMILES string of the molecule is COc1nc(-c2ccc(C)c(C)c2)nc(-c2cc(CO)ccc2Cl)n1.COc1nc(Cl)nc(-c2ccc(C)c(C)c2)n1.OCc1ccc(Cl)c(B(O)O)c1. The second-order valence-corrected chi connectivity index (χ2v) is 13.0. The van der Waals surface area contributed by atoms with E-state index < -0.39 is 7.12 Å². The summed E-state index contributed by atoms with van der Waals surface area (Å²) in [4.78, 5) is 25.3. The number of benzene rings is 4. The van der Waals surface area contributed by atoms with Crippen molar-refractivity contribution in [3.63, 3.8) is 0 Å². The van der Waals surface area contributed by atoms with Crippen molar-refractivity contribution in [2.45, 2.75) is 40.9 Å². The van der Waals surface area contributed by atoms with Crippen LogP contribution in [0, 0.1) is 27.7 Å². The van der Waals surface area contributed by atoms with Crippen LogP contribution in [-0.2, 0) is 13.2 Å². The van der Waals surface area contributed by atoms with E-state index in [-0.39, 0.29) is 41.0 Å². The molecular formula is C38H38BCl3N6O6. The van der Waals surface area contributed by atoms with Gasteiger partial charge >= 0.3 is 19.1 Å². The van der Waals surface area contributed by atoms with Crippen LogP contribution in [-0.4, -0.2) is 71.5 Å². The quantitative estimate of drug-likeness (QED) is 0.127. The lowest BCUT2D eigenvalue weighted by atomic mass is 9.79. The third-order valence-electron chi connectivity index (χ3n) is 8.07. The zero-order valence-corrected chi connectivity index (χ0v) is 32.6. The van der Waals surface area contributed by atoms with E-state index in [0.717, 1.165) is 22.3 Å². The van der Waals surface area contributed by atoms with Gasteiger partial charge in [-0.3, -0.25) is 0 Å². The van der Waals surface area contributed by atoms with Gasteiger partial charge in [0.25, 0.3) is 0 Å². The molecule has 6 aromatic rings. The lowest BCUT2D eigenvalue weighted by molar-refractivity contribution is 0.281. The minimum Gasteiger partial charge on any atom is -0.467 e. The molecule has 0 saturated heterocycles. The van der Waals surface area contributed by atoms with Crippen LogP contribution in [0.4, 0.5) is 0 Å². The van der Waals surface area contributed by atoms with Crippen LogP contribution in [0.15, 0.2) is 72.8 Å². The first-order chi connectivity index (χ1) is 25.8. The summed E-state index contributed by atoms with van der Waals surface area (Å²) in [6.07, 6.45) is 0. The van der Waals surface area contributed by atoms with Crippen LogP contribution in [0.3, 0.4) is 0 Å². The molecule has 0 aliphatic carbocycles. The Bertz CT molecular complexity index is 2230. The fourth-order valence-electron chi connectivity index (χ4n) is 4.74. The van der Waals surface area contributed by atoms with Gasteiger partial charge in [0.1, 0.15) is 0 Å². The lowest BCUT2D eigenvalue weighted by Crippen LogP contribution is -2.31.